The first-order valence-electron chi connectivity index (χ1n) is 8.96. The van der Waals surface area contributed by atoms with Gasteiger partial charge in [-0.25, -0.2) is 4.39 Å². The van der Waals surface area contributed by atoms with Crippen LogP contribution in [-0.4, -0.2) is 11.8 Å². The number of amides is 2. The summed E-state index contributed by atoms with van der Waals surface area (Å²) in [6.07, 6.45) is 3.54. The number of hydrogen-bond donors (Lipinski definition) is 2. The minimum absolute atomic E-state index is 0.303. The normalized spacial score (nSPS) is 12.9. The molecule has 0 spiro atoms. The van der Waals surface area contributed by atoms with Crippen LogP contribution in [0.1, 0.15) is 33.2 Å². The first kappa shape index (κ1) is 18.4. The summed E-state index contributed by atoms with van der Waals surface area (Å²) in [6, 6.07) is 14.4. The van der Waals surface area contributed by atoms with E-state index in [-0.39, 0.29) is 5.82 Å². The number of fused-ring (bicyclic) bond motifs is 1. The van der Waals surface area contributed by atoms with Gasteiger partial charge in [0.1, 0.15) is 17.3 Å². The first-order valence-corrected chi connectivity index (χ1v) is 8.96. The van der Waals surface area contributed by atoms with Gasteiger partial charge < -0.3 is 10.5 Å². The van der Waals surface area contributed by atoms with Crippen molar-refractivity contribution in [3.8, 4) is 22.6 Å². The first-order chi connectivity index (χ1) is 14.0. The highest BCUT2D eigenvalue weighted by molar-refractivity contribution is 6.21. The molecule has 0 radical (unpaired) electrons. The number of imide groups is 1. The quantitative estimate of drug-likeness (QED) is 0.498. The Morgan fingerprint density at radius 2 is 1.66 bits per heavy atom. The van der Waals surface area contributed by atoms with Crippen molar-refractivity contribution in [2.75, 3.05) is 5.73 Å². The molecule has 5 nitrogen and oxygen atoms in total. The summed E-state index contributed by atoms with van der Waals surface area (Å²) in [5, 5.41) is 2.28. The molecule has 0 atom stereocenters. The van der Waals surface area contributed by atoms with Crippen LogP contribution in [0.25, 0.3) is 17.2 Å². The third kappa shape index (κ3) is 3.48. The molecule has 144 valence electrons. The number of carbonyl (C=O) groups is 2. The van der Waals surface area contributed by atoms with E-state index >= 15 is 0 Å². The van der Waals surface area contributed by atoms with Crippen LogP contribution in [0.15, 0.2) is 60.7 Å². The Balaban J connectivity index is 1.80. The number of nitrogens with one attached hydrogen (secondary N) is 1. The molecule has 3 aromatic rings. The molecule has 0 saturated heterocycles. The fourth-order valence-electron chi connectivity index (χ4n) is 3.24. The van der Waals surface area contributed by atoms with E-state index in [0.29, 0.717) is 45.0 Å². The van der Waals surface area contributed by atoms with Gasteiger partial charge in [0.05, 0.1) is 11.1 Å². The minimum Gasteiger partial charge on any atom is -0.456 e. The molecule has 1 heterocycles. The van der Waals surface area contributed by atoms with Crippen LogP contribution in [0.4, 0.5) is 10.1 Å². The number of benzene rings is 3. The molecule has 0 aliphatic carbocycles. The highest BCUT2D eigenvalue weighted by Gasteiger charge is 2.27. The van der Waals surface area contributed by atoms with Crippen molar-refractivity contribution in [3.05, 3.63) is 83.2 Å². The van der Waals surface area contributed by atoms with E-state index in [1.807, 2.05) is 6.92 Å². The van der Waals surface area contributed by atoms with Crippen molar-refractivity contribution in [2.45, 2.75) is 6.92 Å². The van der Waals surface area contributed by atoms with Crippen molar-refractivity contribution < 1.29 is 18.7 Å². The van der Waals surface area contributed by atoms with Gasteiger partial charge in [-0.2, -0.15) is 0 Å². The molecule has 1 aliphatic rings. The Morgan fingerprint density at radius 3 is 2.45 bits per heavy atom. The van der Waals surface area contributed by atoms with Crippen molar-refractivity contribution in [1.29, 1.82) is 0 Å². The summed E-state index contributed by atoms with van der Waals surface area (Å²) in [6.45, 7) is 1.83. The predicted molar refractivity (Wildman–Crippen MR) is 109 cm³/mol. The van der Waals surface area contributed by atoms with Crippen LogP contribution in [0.5, 0.6) is 11.5 Å². The van der Waals surface area contributed by atoms with E-state index in [1.54, 1.807) is 54.6 Å². The van der Waals surface area contributed by atoms with Crippen molar-refractivity contribution >= 4 is 23.6 Å². The molecule has 4 rings (SSSR count). The van der Waals surface area contributed by atoms with Crippen molar-refractivity contribution in [2.24, 2.45) is 0 Å². The average Bonchev–Trinajstić information content (AvgIpc) is 2.98. The molecule has 6 heteroatoms. The zero-order valence-electron chi connectivity index (χ0n) is 15.5. The maximum Gasteiger partial charge on any atom is 0.258 e. The van der Waals surface area contributed by atoms with Gasteiger partial charge in [-0.05, 0) is 61.0 Å². The van der Waals surface area contributed by atoms with Crippen LogP contribution in [-0.2, 0) is 0 Å². The molecule has 0 bridgehead atoms. The van der Waals surface area contributed by atoms with Gasteiger partial charge in [0.25, 0.3) is 11.8 Å². The lowest BCUT2D eigenvalue weighted by Gasteiger charge is -2.14. The van der Waals surface area contributed by atoms with Gasteiger partial charge in [0, 0.05) is 16.8 Å². The molecule has 0 saturated carbocycles. The Bertz CT molecular complexity index is 1180. The molecule has 0 fully saturated rings. The predicted octanol–water partition coefficient (Wildman–Crippen LogP) is 4.78. The van der Waals surface area contributed by atoms with E-state index in [1.165, 1.54) is 12.1 Å². The maximum atomic E-state index is 13.6. The summed E-state index contributed by atoms with van der Waals surface area (Å²) in [4.78, 5) is 23.8. The Labute approximate surface area is 166 Å². The van der Waals surface area contributed by atoms with Crippen molar-refractivity contribution in [1.82, 2.24) is 5.32 Å². The minimum atomic E-state index is -0.438. The number of nitrogen functional groups attached to an aromatic ring is 1. The number of nitrogens with two attached hydrogens (primary N) is 1. The van der Waals surface area contributed by atoms with Gasteiger partial charge in [0.2, 0.25) is 0 Å². The Hall–Kier alpha value is -3.93. The smallest absolute Gasteiger partial charge is 0.258 e. The van der Waals surface area contributed by atoms with Crippen LogP contribution in [0.3, 0.4) is 0 Å². The van der Waals surface area contributed by atoms with Gasteiger partial charge in [-0.15, -0.1) is 0 Å². The molecule has 29 heavy (non-hydrogen) atoms. The van der Waals surface area contributed by atoms with E-state index in [2.05, 4.69) is 5.32 Å². The van der Waals surface area contributed by atoms with Crippen LogP contribution in [0.2, 0.25) is 0 Å². The van der Waals surface area contributed by atoms with E-state index < -0.39 is 11.8 Å². The largest absolute Gasteiger partial charge is 0.456 e. The summed E-state index contributed by atoms with van der Waals surface area (Å²) < 4.78 is 19.7. The molecule has 0 unspecified atom stereocenters. The van der Waals surface area contributed by atoms with E-state index in [9.17, 15) is 14.0 Å². The molecular weight excluding hydrogens is 371 g/mol. The van der Waals surface area contributed by atoms with E-state index in [4.69, 9.17) is 10.5 Å². The standard InChI is InChI=1S/C23H17FN2O3/c1-2-3-14-10-15(24)5-8-20(14)29-21-9-6-16(25)12-18(21)13-4-7-17-19(11-13)23(28)26-22(17)27/h2-12H,25H2,1H3,(H,26,27,28)/b3-2+. The zero-order valence-corrected chi connectivity index (χ0v) is 15.5. The average molecular weight is 388 g/mol. The number of hydrogen-bond acceptors (Lipinski definition) is 4. The molecule has 1 aliphatic heterocycles. The highest BCUT2D eigenvalue weighted by atomic mass is 19.1. The number of halogens is 1. The maximum absolute atomic E-state index is 13.6. The van der Waals surface area contributed by atoms with Gasteiger partial charge >= 0.3 is 0 Å². The van der Waals surface area contributed by atoms with E-state index in [0.717, 1.165) is 0 Å². The molecule has 0 aromatic heterocycles. The highest BCUT2D eigenvalue weighted by Crippen LogP contribution is 2.37. The molecule has 3 aromatic carbocycles. The number of rotatable bonds is 4. The molecule has 2 amide bonds. The lowest BCUT2D eigenvalue weighted by Crippen LogP contribution is -2.19. The topological polar surface area (TPSA) is 81.4 Å². The fraction of sp³-hybridized carbons (Fsp3) is 0.0435. The summed E-state index contributed by atoms with van der Waals surface area (Å²) in [7, 11) is 0. The second-order valence-electron chi connectivity index (χ2n) is 6.58. The zero-order chi connectivity index (χ0) is 20.5. The second kappa shape index (κ2) is 7.24. The van der Waals surface area contributed by atoms with Crippen LogP contribution >= 0.6 is 0 Å². The van der Waals surface area contributed by atoms with Crippen LogP contribution in [0, 0.1) is 5.82 Å². The fourth-order valence-corrected chi connectivity index (χ4v) is 3.24. The van der Waals surface area contributed by atoms with Gasteiger partial charge in [-0.1, -0.05) is 18.2 Å². The van der Waals surface area contributed by atoms with Gasteiger partial charge in [0.15, 0.2) is 0 Å². The lowest BCUT2D eigenvalue weighted by molar-refractivity contribution is 0.0879. The van der Waals surface area contributed by atoms with Gasteiger partial charge in [-0.3, -0.25) is 14.9 Å². The van der Waals surface area contributed by atoms with Crippen molar-refractivity contribution in [3.63, 3.8) is 0 Å². The van der Waals surface area contributed by atoms with Crippen LogP contribution < -0.4 is 15.8 Å². The number of carbonyl (C=O) groups excluding carboxylic acids is 2. The monoisotopic (exact) mass is 388 g/mol. The Morgan fingerprint density at radius 1 is 0.897 bits per heavy atom. The third-order valence-electron chi connectivity index (χ3n) is 4.59. The number of allylic oxidation sites excluding steroid dienone is 1. The molecular formula is C23H17FN2O3. The summed E-state index contributed by atoms with van der Waals surface area (Å²) >= 11 is 0. The second-order valence-corrected chi connectivity index (χ2v) is 6.58. The summed E-state index contributed by atoms with van der Waals surface area (Å²) in [5.74, 6) is -0.252. The number of anilines is 1. The summed E-state index contributed by atoms with van der Waals surface area (Å²) in [5.41, 5.74) is 9.03. The Kier molecular flexibility index (Phi) is 4.60. The number of ether oxygens (including phenoxy) is 1. The lowest BCUT2D eigenvalue weighted by atomic mass is 9.99. The SMILES string of the molecule is C/C=C/c1cc(F)ccc1Oc1ccc(N)cc1-c1ccc2c(c1)C(=O)NC2=O. The third-order valence-corrected chi connectivity index (χ3v) is 4.59. The molecule has 3 N–H and O–H groups in total.